The van der Waals surface area contributed by atoms with Crippen LogP contribution in [0.2, 0.25) is 0 Å². The molecule has 1 saturated carbocycles. The van der Waals surface area contributed by atoms with Crippen molar-refractivity contribution in [2.24, 2.45) is 0 Å². The van der Waals surface area contributed by atoms with E-state index in [1.165, 1.54) is 11.8 Å². The minimum atomic E-state index is -0.140. The molecule has 8 heteroatoms. The molecule has 0 bridgehead atoms. The molecule has 30 heavy (non-hydrogen) atoms. The van der Waals surface area contributed by atoms with Crippen LogP contribution in [0.1, 0.15) is 42.2 Å². The van der Waals surface area contributed by atoms with Crippen molar-refractivity contribution in [2.45, 2.75) is 50.7 Å². The molecule has 1 aliphatic rings. The summed E-state index contributed by atoms with van der Waals surface area (Å²) in [6.07, 6.45) is 4.21. The van der Waals surface area contributed by atoms with Gasteiger partial charge in [0.2, 0.25) is 5.91 Å². The van der Waals surface area contributed by atoms with Crippen LogP contribution in [0.25, 0.3) is 10.2 Å². The minimum Gasteiger partial charge on any atom is -0.497 e. The predicted molar refractivity (Wildman–Crippen MR) is 123 cm³/mol. The quantitative estimate of drug-likeness (QED) is 0.432. The van der Waals surface area contributed by atoms with E-state index in [2.05, 4.69) is 5.32 Å². The highest BCUT2D eigenvalue weighted by atomic mass is 32.2. The Kier molecular flexibility index (Phi) is 6.15. The second-order valence-corrected chi connectivity index (χ2v) is 9.69. The number of rotatable bonds is 6. The maximum absolute atomic E-state index is 13.4. The highest BCUT2D eigenvalue weighted by Crippen LogP contribution is 2.34. The van der Waals surface area contributed by atoms with Crippen LogP contribution in [0.3, 0.4) is 0 Å². The molecular weight excluding hydrogens is 418 g/mol. The number of anilines is 1. The lowest BCUT2D eigenvalue weighted by atomic mass is 10.2. The van der Waals surface area contributed by atoms with Gasteiger partial charge in [0.25, 0.3) is 5.56 Å². The smallest absolute Gasteiger partial charge is 0.263 e. The van der Waals surface area contributed by atoms with E-state index >= 15 is 0 Å². The van der Waals surface area contributed by atoms with E-state index in [-0.39, 0.29) is 23.3 Å². The summed E-state index contributed by atoms with van der Waals surface area (Å²) in [5, 5.41) is 4.26. The van der Waals surface area contributed by atoms with Crippen molar-refractivity contribution in [1.29, 1.82) is 0 Å². The monoisotopic (exact) mass is 443 g/mol. The topological polar surface area (TPSA) is 73.2 Å². The highest BCUT2D eigenvalue weighted by molar-refractivity contribution is 7.99. The van der Waals surface area contributed by atoms with E-state index < -0.39 is 0 Å². The van der Waals surface area contributed by atoms with Crippen LogP contribution in [-0.4, -0.2) is 28.3 Å². The summed E-state index contributed by atoms with van der Waals surface area (Å²) in [6, 6.07) is 7.42. The number of benzene rings is 1. The van der Waals surface area contributed by atoms with Gasteiger partial charge < -0.3 is 10.1 Å². The lowest BCUT2D eigenvalue weighted by Crippen LogP contribution is -2.27. The standard InChI is InChI=1S/C22H25N3O3S2/c1-13-14(2)30-20-19(13)21(27)25(16-8-4-5-9-16)22(24-20)29-12-18(26)23-15-7-6-10-17(11-15)28-3/h6-7,10-11,16H,4-5,8-9,12H2,1-3H3,(H,23,26). The Balaban J connectivity index is 1.60. The average Bonchev–Trinajstić information content (AvgIpc) is 3.35. The fourth-order valence-corrected chi connectivity index (χ4v) is 5.84. The van der Waals surface area contributed by atoms with Gasteiger partial charge in [-0.05, 0) is 44.4 Å². The van der Waals surface area contributed by atoms with Crippen LogP contribution in [0.4, 0.5) is 5.69 Å². The molecule has 0 atom stereocenters. The number of hydrogen-bond acceptors (Lipinski definition) is 6. The number of carbonyl (C=O) groups excluding carboxylic acids is 1. The molecule has 1 aromatic carbocycles. The van der Waals surface area contributed by atoms with Gasteiger partial charge >= 0.3 is 0 Å². The molecule has 2 aromatic heterocycles. The van der Waals surface area contributed by atoms with Crippen molar-refractivity contribution >= 4 is 44.9 Å². The summed E-state index contributed by atoms with van der Waals surface area (Å²) < 4.78 is 7.05. The van der Waals surface area contributed by atoms with Crippen LogP contribution < -0.4 is 15.6 Å². The Morgan fingerprint density at radius 1 is 1.33 bits per heavy atom. The number of thiophene rings is 1. The number of nitrogens with zero attached hydrogens (tertiary/aromatic N) is 2. The van der Waals surface area contributed by atoms with Crippen LogP contribution in [-0.2, 0) is 4.79 Å². The lowest BCUT2D eigenvalue weighted by molar-refractivity contribution is -0.113. The molecule has 0 saturated heterocycles. The SMILES string of the molecule is COc1cccc(NC(=O)CSc2nc3sc(C)c(C)c3c(=O)n2C2CCCC2)c1. The molecule has 0 unspecified atom stereocenters. The molecule has 4 rings (SSSR count). The molecule has 1 N–H and O–H groups in total. The summed E-state index contributed by atoms with van der Waals surface area (Å²) in [7, 11) is 1.59. The van der Waals surface area contributed by atoms with Crippen LogP contribution in [0, 0.1) is 13.8 Å². The fourth-order valence-electron chi connectivity index (χ4n) is 3.90. The Morgan fingerprint density at radius 3 is 2.83 bits per heavy atom. The zero-order chi connectivity index (χ0) is 21.3. The maximum Gasteiger partial charge on any atom is 0.263 e. The first-order valence-electron chi connectivity index (χ1n) is 10.1. The van der Waals surface area contributed by atoms with Gasteiger partial charge in [-0.25, -0.2) is 4.98 Å². The van der Waals surface area contributed by atoms with Gasteiger partial charge in [-0.3, -0.25) is 14.2 Å². The zero-order valence-corrected chi connectivity index (χ0v) is 19.0. The number of aryl methyl sites for hydroxylation is 2. The first-order valence-corrected chi connectivity index (χ1v) is 11.9. The zero-order valence-electron chi connectivity index (χ0n) is 17.4. The van der Waals surface area contributed by atoms with Gasteiger partial charge in [-0.15, -0.1) is 11.3 Å². The molecule has 158 valence electrons. The van der Waals surface area contributed by atoms with E-state index in [0.29, 0.717) is 16.6 Å². The number of ether oxygens (including phenoxy) is 1. The molecule has 0 aliphatic heterocycles. The number of amides is 1. The first-order chi connectivity index (χ1) is 14.5. The summed E-state index contributed by atoms with van der Waals surface area (Å²) in [6.45, 7) is 4.01. The summed E-state index contributed by atoms with van der Waals surface area (Å²) in [4.78, 5) is 32.6. The van der Waals surface area contributed by atoms with Gasteiger partial charge in [0.1, 0.15) is 10.6 Å². The molecule has 1 aliphatic carbocycles. The van der Waals surface area contributed by atoms with Crippen molar-refractivity contribution in [3.63, 3.8) is 0 Å². The Morgan fingerprint density at radius 2 is 2.10 bits per heavy atom. The van der Waals surface area contributed by atoms with Crippen LogP contribution in [0.5, 0.6) is 5.75 Å². The summed E-state index contributed by atoms with van der Waals surface area (Å²) in [5.74, 6) is 0.732. The minimum absolute atomic E-state index is 0.0319. The number of fused-ring (bicyclic) bond motifs is 1. The van der Waals surface area contributed by atoms with Crippen molar-refractivity contribution in [2.75, 3.05) is 18.2 Å². The highest BCUT2D eigenvalue weighted by Gasteiger charge is 2.25. The van der Waals surface area contributed by atoms with Gasteiger partial charge in [0.15, 0.2) is 5.16 Å². The lowest BCUT2D eigenvalue weighted by Gasteiger charge is -2.18. The molecule has 6 nitrogen and oxygen atoms in total. The number of thioether (sulfide) groups is 1. The first kappa shape index (κ1) is 20.9. The third kappa shape index (κ3) is 4.11. The van der Waals surface area contributed by atoms with Crippen molar-refractivity contribution in [1.82, 2.24) is 9.55 Å². The van der Waals surface area contributed by atoms with Gasteiger partial charge in [-0.1, -0.05) is 30.7 Å². The third-order valence-electron chi connectivity index (χ3n) is 5.58. The summed E-state index contributed by atoms with van der Waals surface area (Å²) >= 11 is 2.88. The number of nitrogens with one attached hydrogen (secondary N) is 1. The van der Waals surface area contributed by atoms with Gasteiger partial charge in [-0.2, -0.15) is 0 Å². The fraction of sp³-hybridized carbons (Fsp3) is 0.409. The Bertz CT molecular complexity index is 1150. The Hall–Kier alpha value is -2.32. The third-order valence-corrected chi connectivity index (χ3v) is 7.63. The number of hydrogen-bond donors (Lipinski definition) is 1. The van der Waals surface area contributed by atoms with E-state index in [4.69, 9.17) is 9.72 Å². The molecule has 0 spiro atoms. The molecule has 3 aromatic rings. The maximum atomic E-state index is 13.4. The normalized spacial score (nSPS) is 14.4. The van der Waals surface area contributed by atoms with E-state index in [1.807, 2.05) is 36.6 Å². The molecule has 0 radical (unpaired) electrons. The molecule has 1 fully saturated rings. The van der Waals surface area contributed by atoms with E-state index in [1.54, 1.807) is 24.5 Å². The number of aromatic nitrogens is 2. The predicted octanol–water partition coefficient (Wildman–Crippen LogP) is 4.93. The Labute approximate surface area is 183 Å². The van der Waals surface area contributed by atoms with E-state index in [9.17, 15) is 9.59 Å². The van der Waals surface area contributed by atoms with Crippen molar-refractivity contribution in [3.8, 4) is 5.75 Å². The molecule has 2 heterocycles. The van der Waals surface area contributed by atoms with Crippen LogP contribution in [0.15, 0.2) is 34.2 Å². The van der Waals surface area contributed by atoms with E-state index in [0.717, 1.165) is 46.3 Å². The largest absolute Gasteiger partial charge is 0.497 e. The van der Waals surface area contributed by atoms with Crippen molar-refractivity contribution in [3.05, 3.63) is 45.1 Å². The second-order valence-electron chi connectivity index (χ2n) is 7.54. The molecular formula is C22H25N3O3S2. The number of methoxy groups -OCH3 is 1. The van der Waals surface area contributed by atoms with Gasteiger partial charge in [0, 0.05) is 22.7 Å². The van der Waals surface area contributed by atoms with Crippen molar-refractivity contribution < 1.29 is 9.53 Å². The molecule has 1 amide bonds. The average molecular weight is 444 g/mol. The summed E-state index contributed by atoms with van der Waals surface area (Å²) in [5.41, 5.74) is 1.73. The van der Waals surface area contributed by atoms with Crippen LogP contribution >= 0.6 is 23.1 Å². The van der Waals surface area contributed by atoms with Gasteiger partial charge in [0.05, 0.1) is 18.2 Å². The second kappa shape index (κ2) is 8.81. The number of carbonyl (C=O) groups is 1.